The first-order valence-electron chi connectivity index (χ1n) is 8.23. The van der Waals surface area contributed by atoms with Crippen LogP contribution >= 0.6 is 0 Å². The van der Waals surface area contributed by atoms with Crippen LogP contribution in [0.1, 0.15) is 22.3 Å². The molecule has 1 aromatic heterocycles. The van der Waals surface area contributed by atoms with E-state index in [1.165, 1.54) is 24.5 Å². The topological polar surface area (TPSA) is 101 Å². The van der Waals surface area contributed by atoms with E-state index in [1.807, 2.05) is 0 Å². The van der Waals surface area contributed by atoms with Crippen LogP contribution in [0.25, 0.3) is 0 Å². The number of hydrogen-bond donors (Lipinski definition) is 2. The van der Waals surface area contributed by atoms with Crippen molar-refractivity contribution >= 4 is 21.7 Å². The zero-order valence-electron chi connectivity index (χ0n) is 14.0. The number of nitrogens with zero attached hydrogens (tertiary/aromatic N) is 2. The van der Waals surface area contributed by atoms with Crippen LogP contribution in [0.4, 0.5) is 10.3 Å². The van der Waals surface area contributed by atoms with Crippen molar-refractivity contribution in [2.24, 2.45) is 0 Å². The molecule has 2 aromatic rings. The van der Waals surface area contributed by atoms with Crippen molar-refractivity contribution in [2.75, 3.05) is 23.4 Å². The Morgan fingerprint density at radius 2 is 1.88 bits per heavy atom. The first-order chi connectivity index (χ1) is 12.4. The third kappa shape index (κ3) is 4.98. The van der Waals surface area contributed by atoms with Crippen LogP contribution in [0.3, 0.4) is 0 Å². The molecule has 1 amide bonds. The lowest BCUT2D eigenvalue weighted by molar-refractivity contribution is 0.0953. The highest BCUT2D eigenvalue weighted by atomic mass is 32.2. The van der Waals surface area contributed by atoms with Gasteiger partial charge in [0.25, 0.3) is 5.91 Å². The maximum Gasteiger partial charge on any atom is 0.254 e. The minimum atomic E-state index is -2.98. The van der Waals surface area contributed by atoms with E-state index >= 15 is 0 Å². The quantitative estimate of drug-likeness (QED) is 0.783. The van der Waals surface area contributed by atoms with E-state index in [4.69, 9.17) is 0 Å². The minimum absolute atomic E-state index is 0.0714. The Labute approximate surface area is 151 Å². The zero-order chi connectivity index (χ0) is 18.6. The fourth-order valence-electron chi connectivity index (χ4n) is 2.68. The second-order valence-corrected chi connectivity index (χ2v) is 8.40. The van der Waals surface area contributed by atoms with Crippen LogP contribution in [0.15, 0.2) is 36.7 Å². The maximum atomic E-state index is 12.8. The molecule has 1 unspecified atom stereocenters. The number of carbonyl (C=O) groups is 1. The van der Waals surface area contributed by atoms with E-state index < -0.39 is 9.84 Å². The molecule has 2 N–H and O–H groups in total. The smallest absolute Gasteiger partial charge is 0.254 e. The van der Waals surface area contributed by atoms with Crippen molar-refractivity contribution < 1.29 is 17.6 Å². The summed E-state index contributed by atoms with van der Waals surface area (Å²) in [5, 5.41) is 5.72. The average Bonchev–Trinajstić information content (AvgIpc) is 2.96. The van der Waals surface area contributed by atoms with Crippen molar-refractivity contribution in [3.05, 3.63) is 53.6 Å². The molecule has 1 aliphatic rings. The number of rotatable bonds is 6. The number of aromatic nitrogens is 2. The van der Waals surface area contributed by atoms with Crippen molar-refractivity contribution in [1.29, 1.82) is 0 Å². The lowest BCUT2D eigenvalue weighted by Gasteiger charge is -2.10. The van der Waals surface area contributed by atoms with E-state index in [9.17, 15) is 17.6 Å². The summed E-state index contributed by atoms with van der Waals surface area (Å²) in [6.07, 6.45) is 3.90. The largest absolute Gasteiger partial charge is 0.352 e. The standard InChI is InChI=1S/C17H19FN4O3S/c18-14-3-1-12(2-4-14)5-7-19-16(23)13-9-20-17(21-10-13)22-15-6-8-26(24,25)11-15/h1-4,9-10,15H,5-8,11H2,(H,19,23)(H,20,21,22). The molecule has 1 saturated heterocycles. The molecule has 1 aromatic carbocycles. The van der Waals surface area contributed by atoms with Gasteiger partial charge in [0.2, 0.25) is 5.95 Å². The fourth-order valence-corrected chi connectivity index (χ4v) is 4.36. The highest BCUT2D eigenvalue weighted by Gasteiger charge is 2.28. The van der Waals surface area contributed by atoms with Crippen LogP contribution < -0.4 is 10.6 Å². The molecule has 0 aliphatic carbocycles. The normalized spacial score (nSPS) is 18.4. The second-order valence-electron chi connectivity index (χ2n) is 6.17. The number of anilines is 1. The molecule has 9 heteroatoms. The highest BCUT2D eigenvalue weighted by Crippen LogP contribution is 2.15. The van der Waals surface area contributed by atoms with Gasteiger partial charge in [-0.3, -0.25) is 4.79 Å². The van der Waals surface area contributed by atoms with E-state index in [0.717, 1.165) is 5.56 Å². The zero-order valence-corrected chi connectivity index (χ0v) is 14.8. The van der Waals surface area contributed by atoms with Crippen LogP contribution in [0, 0.1) is 5.82 Å². The number of sulfone groups is 1. The molecule has 0 radical (unpaired) electrons. The van der Waals surface area contributed by atoms with E-state index in [2.05, 4.69) is 20.6 Å². The molecule has 1 fully saturated rings. The van der Waals surface area contributed by atoms with Gasteiger partial charge in [0.1, 0.15) is 5.82 Å². The highest BCUT2D eigenvalue weighted by molar-refractivity contribution is 7.91. The van der Waals surface area contributed by atoms with Gasteiger partial charge in [-0.2, -0.15) is 0 Å². The predicted molar refractivity (Wildman–Crippen MR) is 95.2 cm³/mol. The SMILES string of the molecule is O=C(NCCc1ccc(F)cc1)c1cnc(NC2CCS(=O)(=O)C2)nc1. The Morgan fingerprint density at radius 1 is 1.19 bits per heavy atom. The molecular weight excluding hydrogens is 359 g/mol. The van der Waals surface area contributed by atoms with Crippen molar-refractivity contribution in [2.45, 2.75) is 18.9 Å². The van der Waals surface area contributed by atoms with Gasteiger partial charge in [-0.25, -0.2) is 22.8 Å². The Morgan fingerprint density at radius 3 is 2.50 bits per heavy atom. The molecule has 0 bridgehead atoms. The van der Waals surface area contributed by atoms with Gasteiger partial charge in [-0.15, -0.1) is 0 Å². The van der Waals surface area contributed by atoms with Crippen molar-refractivity contribution in [3.8, 4) is 0 Å². The molecule has 138 valence electrons. The summed E-state index contributed by atoms with van der Waals surface area (Å²) in [7, 11) is -2.98. The summed E-state index contributed by atoms with van der Waals surface area (Å²) in [5.41, 5.74) is 1.24. The summed E-state index contributed by atoms with van der Waals surface area (Å²) in [4.78, 5) is 20.2. The van der Waals surface area contributed by atoms with Gasteiger partial charge in [0, 0.05) is 25.0 Å². The molecule has 26 heavy (non-hydrogen) atoms. The summed E-state index contributed by atoms with van der Waals surface area (Å²) in [6.45, 7) is 0.407. The number of benzene rings is 1. The Balaban J connectivity index is 1.48. The van der Waals surface area contributed by atoms with Gasteiger partial charge >= 0.3 is 0 Å². The van der Waals surface area contributed by atoms with Crippen molar-refractivity contribution in [3.63, 3.8) is 0 Å². The Kier molecular flexibility index (Phi) is 5.46. The molecular formula is C17H19FN4O3S. The second kappa shape index (κ2) is 7.77. The van der Waals surface area contributed by atoms with E-state index in [0.29, 0.717) is 30.9 Å². The Bertz CT molecular complexity index is 870. The summed E-state index contributed by atoms with van der Waals surface area (Å²) < 4.78 is 35.7. The van der Waals surface area contributed by atoms with Crippen LogP contribution in [-0.2, 0) is 16.3 Å². The van der Waals surface area contributed by atoms with Crippen LogP contribution in [0.5, 0.6) is 0 Å². The molecule has 0 spiro atoms. The molecule has 2 heterocycles. The van der Waals surface area contributed by atoms with Gasteiger partial charge in [0.15, 0.2) is 9.84 Å². The number of carbonyl (C=O) groups excluding carboxylic acids is 1. The number of hydrogen-bond acceptors (Lipinski definition) is 6. The molecule has 0 saturated carbocycles. The van der Waals surface area contributed by atoms with Gasteiger partial charge < -0.3 is 10.6 Å². The van der Waals surface area contributed by atoms with Crippen LogP contribution in [0.2, 0.25) is 0 Å². The fraction of sp³-hybridized carbons (Fsp3) is 0.353. The van der Waals surface area contributed by atoms with Crippen LogP contribution in [-0.4, -0.2) is 48.4 Å². The first kappa shape index (κ1) is 18.2. The molecule has 1 atom stereocenters. The number of amides is 1. The average molecular weight is 378 g/mol. The summed E-state index contributed by atoms with van der Waals surface area (Å²) in [6, 6.07) is 5.91. The summed E-state index contributed by atoms with van der Waals surface area (Å²) >= 11 is 0. The van der Waals surface area contributed by atoms with Gasteiger partial charge in [-0.1, -0.05) is 12.1 Å². The lowest BCUT2D eigenvalue weighted by Crippen LogP contribution is -2.26. The minimum Gasteiger partial charge on any atom is -0.352 e. The first-order valence-corrected chi connectivity index (χ1v) is 10.0. The summed E-state index contributed by atoms with van der Waals surface area (Å²) in [5.74, 6) is -0.0582. The van der Waals surface area contributed by atoms with E-state index in [1.54, 1.807) is 12.1 Å². The molecule has 7 nitrogen and oxygen atoms in total. The number of halogens is 1. The number of nitrogens with one attached hydrogen (secondary N) is 2. The third-order valence-corrected chi connectivity index (χ3v) is 5.86. The Hall–Kier alpha value is -2.55. The van der Waals surface area contributed by atoms with Gasteiger partial charge in [-0.05, 0) is 30.5 Å². The maximum absolute atomic E-state index is 12.8. The predicted octanol–water partition coefficient (Wildman–Crippen LogP) is 1.19. The molecule has 3 rings (SSSR count). The molecule has 1 aliphatic heterocycles. The van der Waals surface area contributed by atoms with E-state index in [-0.39, 0.29) is 29.3 Å². The monoisotopic (exact) mass is 378 g/mol. The third-order valence-electron chi connectivity index (χ3n) is 4.09. The van der Waals surface area contributed by atoms with Crippen molar-refractivity contribution in [1.82, 2.24) is 15.3 Å². The lowest BCUT2D eigenvalue weighted by atomic mass is 10.1. The van der Waals surface area contributed by atoms with Gasteiger partial charge in [0.05, 0.1) is 17.1 Å².